The van der Waals surface area contributed by atoms with Crippen LogP contribution >= 0.6 is 0 Å². The van der Waals surface area contributed by atoms with E-state index in [4.69, 9.17) is 9.47 Å². The maximum Gasteiger partial charge on any atom is 0.155 e. The normalized spacial score (nSPS) is 23.5. The van der Waals surface area contributed by atoms with Gasteiger partial charge in [0.05, 0.1) is 30.8 Å². The van der Waals surface area contributed by atoms with Crippen LogP contribution in [-0.4, -0.2) is 51.3 Å². The van der Waals surface area contributed by atoms with Crippen molar-refractivity contribution >= 4 is 26.4 Å². The first-order valence-electron chi connectivity index (χ1n) is 6.95. The van der Waals surface area contributed by atoms with Crippen LogP contribution in [0.2, 0.25) is 0 Å². The number of benzene rings is 1. The second-order valence-electron chi connectivity index (χ2n) is 5.32. The molecule has 2 unspecified atom stereocenters. The third-order valence-corrected chi connectivity index (χ3v) is 5.61. The van der Waals surface area contributed by atoms with Gasteiger partial charge in [0.2, 0.25) is 0 Å². The summed E-state index contributed by atoms with van der Waals surface area (Å²) in [4.78, 5) is 4.35. The Kier molecular flexibility index (Phi) is 3.92. The number of methoxy groups -OCH3 is 2. The van der Waals surface area contributed by atoms with Crippen molar-refractivity contribution in [2.45, 2.75) is 12.1 Å². The molecule has 2 aromatic rings. The zero-order valence-corrected chi connectivity index (χ0v) is 13.3. The van der Waals surface area contributed by atoms with Crippen LogP contribution in [-0.2, 0) is 14.6 Å². The minimum Gasteiger partial charge on any atom is -0.496 e. The van der Waals surface area contributed by atoms with E-state index in [2.05, 4.69) is 10.3 Å². The van der Waals surface area contributed by atoms with E-state index in [9.17, 15) is 8.42 Å². The van der Waals surface area contributed by atoms with E-state index >= 15 is 0 Å². The van der Waals surface area contributed by atoms with Gasteiger partial charge in [-0.2, -0.15) is 0 Å². The first-order valence-corrected chi connectivity index (χ1v) is 8.77. The molecule has 0 aliphatic carbocycles. The number of ether oxygens (including phenoxy) is 2. The molecule has 6 nitrogen and oxygen atoms in total. The van der Waals surface area contributed by atoms with Crippen LogP contribution in [0.3, 0.4) is 0 Å². The Morgan fingerprint density at radius 1 is 1.18 bits per heavy atom. The second kappa shape index (κ2) is 5.73. The van der Waals surface area contributed by atoms with Gasteiger partial charge in [-0.3, -0.25) is 0 Å². The monoisotopic (exact) mass is 322 g/mol. The standard InChI is InChI=1S/C15H18N2O4S/c1-20-13-5-3-4-11-10(13)6-7-16-15(11)17-12-8-22(18,19)9-14(12)21-2/h3-7,12,14H,8-9H2,1-2H3,(H,16,17). The Morgan fingerprint density at radius 2 is 2.00 bits per heavy atom. The topological polar surface area (TPSA) is 77.5 Å². The first-order chi connectivity index (χ1) is 10.5. The van der Waals surface area contributed by atoms with Gasteiger partial charge in [-0.25, -0.2) is 13.4 Å². The highest BCUT2D eigenvalue weighted by Crippen LogP contribution is 2.30. The lowest BCUT2D eigenvalue weighted by atomic mass is 10.1. The molecule has 1 aliphatic rings. The highest BCUT2D eigenvalue weighted by molar-refractivity contribution is 7.91. The zero-order valence-electron chi connectivity index (χ0n) is 12.4. The Balaban J connectivity index is 1.98. The number of fused-ring (bicyclic) bond motifs is 1. The predicted molar refractivity (Wildman–Crippen MR) is 85.2 cm³/mol. The number of sulfone groups is 1. The van der Waals surface area contributed by atoms with Gasteiger partial charge in [0.1, 0.15) is 11.6 Å². The number of rotatable bonds is 4. The molecule has 0 bridgehead atoms. The molecular weight excluding hydrogens is 304 g/mol. The predicted octanol–water partition coefficient (Wildman–Crippen LogP) is 1.47. The molecule has 2 heterocycles. The first kappa shape index (κ1) is 15.1. The average Bonchev–Trinajstić information content (AvgIpc) is 2.81. The molecule has 0 amide bonds. The summed E-state index contributed by atoms with van der Waals surface area (Å²) in [5.74, 6) is 1.48. The summed E-state index contributed by atoms with van der Waals surface area (Å²) >= 11 is 0. The van der Waals surface area contributed by atoms with Gasteiger partial charge in [-0.05, 0) is 12.1 Å². The fourth-order valence-corrected chi connectivity index (χ4v) is 4.68. The van der Waals surface area contributed by atoms with Crippen LogP contribution in [0.4, 0.5) is 5.82 Å². The van der Waals surface area contributed by atoms with Gasteiger partial charge >= 0.3 is 0 Å². The van der Waals surface area contributed by atoms with E-state index < -0.39 is 9.84 Å². The number of nitrogens with zero attached hydrogens (tertiary/aromatic N) is 1. The Morgan fingerprint density at radius 3 is 2.73 bits per heavy atom. The van der Waals surface area contributed by atoms with Crippen LogP contribution < -0.4 is 10.1 Å². The van der Waals surface area contributed by atoms with Gasteiger partial charge in [-0.1, -0.05) is 12.1 Å². The summed E-state index contributed by atoms with van der Waals surface area (Å²) < 4.78 is 34.3. The molecule has 1 aliphatic heterocycles. The van der Waals surface area contributed by atoms with Crippen LogP contribution in [0.1, 0.15) is 0 Å². The third-order valence-electron chi connectivity index (χ3n) is 3.91. The fraction of sp³-hybridized carbons (Fsp3) is 0.400. The van der Waals surface area contributed by atoms with E-state index in [0.717, 1.165) is 16.5 Å². The van der Waals surface area contributed by atoms with Crippen molar-refractivity contribution in [2.24, 2.45) is 0 Å². The number of hydrogen-bond donors (Lipinski definition) is 1. The fourth-order valence-electron chi connectivity index (χ4n) is 2.83. The van der Waals surface area contributed by atoms with Gasteiger partial charge < -0.3 is 14.8 Å². The van der Waals surface area contributed by atoms with Gasteiger partial charge in [0, 0.05) is 24.1 Å². The van der Waals surface area contributed by atoms with Crippen molar-refractivity contribution < 1.29 is 17.9 Å². The van der Waals surface area contributed by atoms with Gasteiger partial charge in [0.25, 0.3) is 0 Å². The maximum absolute atomic E-state index is 11.8. The Labute approximate surface area is 129 Å². The summed E-state index contributed by atoms with van der Waals surface area (Å²) in [6.07, 6.45) is 1.31. The molecule has 1 N–H and O–H groups in total. The number of nitrogens with one attached hydrogen (secondary N) is 1. The lowest BCUT2D eigenvalue weighted by molar-refractivity contribution is 0.115. The van der Waals surface area contributed by atoms with Crippen LogP contribution in [0, 0.1) is 0 Å². The molecule has 1 saturated heterocycles. The number of aromatic nitrogens is 1. The highest BCUT2D eigenvalue weighted by atomic mass is 32.2. The molecule has 0 spiro atoms. The Hall–Kier alpha value is -1.86. The largest absolute Gasteiger partial charge is 0.496 e. The van der Waals surface area contributed by atoms with Crippen molar-refractivity contribution in [1.82, 2.24) is 4.98 Å². The molecule has 7 heteroatoms. The lowest BCUT2D eigenvalue weighted by Crippen LogP contribution is -2.33. The highest BCUT2D eigenvalue weighted by Gasteiger charge is 2.38. The second-order valence-corrected chi connectivity index (χ2v) is 7.47. The molecule has 0 radical (unpaired) electrons. The van der Waals surface area contributed by atoms with Crippen LogP contribution in [0.15, 0.2) is 30.5 Å². The molecule has 1 aromatic carbocycles. The minimum absolute atomic E-state index is 0.0370. The molecular formula is C15H18N2O4S. The van der Waals surface area contributed by atoms with Gasteiger partial charge in [-0.15, -0.1) is 0 Å². The van der Waals surface area contributed by atoms with Crippen LogP contribution in [0.25, 0.3) is 10.8 Å². The number of anilines is 1. The van der Waals surface area contributed by atoms with Crippen molar-refractivity contribution in [3.05, 3.63) is 30.5 Å². The van der Waals surface area contributed by atoms with E-state index in [1.807, 2.05) is 24.3 Å². The molecule has 1 fully saturated rings. The molecule has 2 atom stereocenters. The lowest BCUT2D eigenvalue weighted by Gasteiger charge is -2.19. The quantitative estimate of drug-likeness (QED) is 0.918. The Bertz CT molecular complexity index is 791. The van der Waals surface area contributed by atoms with E-state index in [0.29, 0.717) is 5.82 Å². The van der Waals surface area contributed by atoms with E-state index in [1.54, 1.807) is 13.3 Å². The molecule has 3 rings (SSSR count). The molecule has 118 valence electrons. The molecule has 0 saturated carbocycles. The summed E-state index contributed by atoms with van der Waals surface area (Å²) in [6.45, 7) is 0. The minimum atomic E-state index is -3.08. The summed E-state index contributed by atoms with van der Waals surface area (Å²) in [5.41, 5.74) is 0. The van der Waals surface area contributed by atoms with Crippen LogP contribution in [0.5, 0.6) is 5.75 Å². The smallest absolute Gasteiger partial charge is 0.155 e. The van der Waals surface area contributed by atoms with E-state index in [1.165, 1.54) is 7.11 Å². The van der Waals surface area contributed by atoms with Crippen molar-refractivity contribution in [1.29, 1.82) is 0 Å². The third kappa shape index (κ3) is 2.74. The van der Waals surface area contributed by atoms with Crippen molar-refractivity contribution in [3.8, 4) is 5.75 Å². The summed E-state index contributed by atoms with van der Waals surface area (Å²) in [7, 11) is 0.0625. The SMILES string of the molecule is COc1cccc2c(NC3CS(=O)(=O)CC3OC)nccc12. The summed E-state index contributed by atoms with van der Waals surface area (Å²) in [5, 5.41) is 5.04. The molecule has 22 heavy (non-hydrogen) atoms. The number of pyridine rings is 1. The summed E-state index contributed by atoms with van der Waals surface area (Å²) in [6, 6.07) is 7.26. The van der Waals surface area contributed by atoms with E-state index in [-0.39, 0.29) is 23.7 Å². The number of hydrogen-bond acceptors (Lipinski definition) is 6. The zero-order chi connectivity index (χ0) is 15.7. The van der Waals surface area contributed by atoms with Crippen molar-refractivity contribution in [2.75, 3.05) is 31.0 Å². The van der Waals surface area contributed by atoms with Gasteiger partial charge in [0.15, 0.2) is 9.84 Å². The molecule has 1 aromatic heterocycles. The van der Waals surface area contributed by atoms with Crippen molar-refractivity contribution in [3.63, 3.8) is 0 Å². The average molecular weight is 322 g/mol. The maximum atomic E-state index is 11.8.